The highest BCUT2D eigenvalue weighted by molar-refractivity contribution is 7.92. The largest absolute Gasteiger partial charge is 0.506 e. The summed E-state index contributed by atoms with van der Waals surface area (Å²) in [6.45, 7) is 2.56. The first kappa shape index (κ1) is 29.7. The van der Waals surface area contributed by atoms with Crippen LogP contribution in [0.4, 0.5) is 5.69 Å². The van der Waals surface area contributed by atoms with Crippen molar-refractivity contribution in [3.05, 3.63) is 93.0 Å². The highest BCUT2D eigenvalue weighted by Crippen LogP contribution is 2.28. The van der Waals surface area contributed by atoms with Crippen LogP contribution in [0.15, 0.2) is 60.7 Å². The smallest absolute Gasteiger partial charge is 0.229 e. The fourth-order valence-corrected chi connectivity index (χ4v) is 4.75. The zero-order valence-electron chi connectivity index (χ0n) is 21.0. The molecule has 0 spiro atoms. The molecule has 0 aliphatic rings. The van der Waals surface area contributed by atoms with E-state index in [-0.39, 0.29) is 36.4 Å². The molecule has 0 radical (unpaired) electrons. The molecule has 204 valence electrons. The Morgan fingerprint density at radius 3 is 2.42 bits per heavy atom. The van der Waals surface area contributed by atoms with E-state index in [1.54, 1.807) is 12.1 Å². The third-order valence-electron chi connectivity index (χ3n) is 5.73. The van der Waals surface area contributed by atoms with Gasteiger partial charge >= 0.3 is 0 Å². The van der Waals surface area contributed by atoms with E-state index in [4.69, 9.17) is 23.2 Å². The summed E-state index contributed by atoms with van der Waals surface area (Å²) in [7, 11) is -3.57. The molecule has 0 saturated heterocycles. The zero-order valence-corrected chi connectivity index (χ0v) is 23.4. The number of nitrogens with one attached hydrogen (secondary N) is 3. The fourth-order valence-electron chi connectivity index (χ4n) is 3.86. The van der Waals surface area contributed by atoms with E-state index in [9.17, 15) is 23.4 Å². The molecule has 5 N–H and O–H groups in total. The normalized spacial score (nSPS) is 13.1. The minimum atomic E-state index is -3.57. The number of halogens is 2. The third kappa shape index (κ3) is 9.49. The van der Waals surface area contributed by atoms with Gasteiger partial charge in [0.25, 0.3) is 0 Å². The van der Waals surface area contributed by atoms with Gasteiger partial charge in [-0.2, -0.15) is 0 Å². The lowest BCUT2D eigenvalue weighted by Gasteiger charge is -2.19. The van der Waals surface area contributed by atoms with E-state index in [0.29, 0.717) is 28.6 Å². The van der Waals surface area contributed by atoms with Gasteiger partial charge in [-0.25, -0.2) is 8.42 Å². The van der Waals surface area contributed by atoms with Crippen molar-refractivity contribution in [1.29, 1.82) is 0 Å². The van der Waals surface area contributed by atoms with Crippen LogP contribution in [0.2, 0.25) is 10.0 Å². The molecule has 3 aromatic carbocycles. The Morgan fingerprint density at radius 2 is 1.71 bits per heavy atom. The number of phenols is 1. The maximum Gasteiger partial charge on any atom is 0.229 e. The van der Waals surface area contributed by atoms with Gasteiger partial charge < -0.3 is 20.8 Å². The van der Waals surface area contributed by atoms with Crippen molar-refractivity contribution in [2.45, 2.75) is 38.5 Å². The summed E-state index contributed by atoms with van der Waals surface area (Å²) in [6, 6.07) is 17.3. The van der Waals surface area contributed by atoms with Gasteiger partial charge in [-0.3, -0.25) is 9.52 Å². The van der Waals surface area contributed by atoms with E-state index < -0.39 is 16.1 Å². The molecule has 8 nitrogen and oxygen atoms in total. The lowest BCUT2D eigenvalue weighted by atomic mass is 10.0. The number of anilines is 1. The minimum absolute atomic E-state index is 0.00843. The van der Waals surface area contributed by atoms with Crippen LogP contribution in [0.1, 0.15) is 35.3 Å². The van der Waals surface area contributed by atoms with Crippen LogP contribution in [0.5, 0.6) is 5.75 Å². The van der Waals surface area contributed by atoms with Crippen molar-refractivity contribution in [2.75, 3.05) is 17.5 Å². The topological polar surface area (TPSA) is 128 Å². The number of benzene rings is 3. The predicted octanol–water partition coefficient (Wildman–Crippen LogP) is 4.18. The van der Waals surface area contributed by atoms with Crippen molar-refractivity contribution in [3.8, 4) is 5.75 Å². The Kier molecular flexibility index (Phi) is 10.4. The Hall–Kier alpha value is -2.82. The monoisotopic (exact) mass is 579 g/mol. The summed E-state index contributed by atoms with van der Waals surface area (Å²) in [5.41, 5.74) is 3.26. The van der Waals surface area contributed by atoms with Gasteiger partial charge in [-0.1, -0.05) is 59.6 Å². The molecule has 0 unspecified atom stereocenters. The number of phenolic OH excluding ortho intramolecular Hbond substituents is 1. The maximum absolute atomic E-state index is 12.4. The molecular formula is C27H31Cl2N3O5S. The quantitative estimate of drug-likeness (QED) is 0.205. The van der Waals surface area contributed by atoms with Crippen LogP contribution < -0.4 is 15.4 Å². The summed E-state index contributed by atoms with van der Waals surface area (Å²) in [6.07, 6.45) is 0.976. The van der Waals surface area contributed by atoms with E-state index in [1.807, 2.05) is 37.3 Å². The lowest BCUT2D eigenvalue weighted by Crippen LogP contribution is -2.32. The summed E-state index contributed by atoms with van der Waals surface area (Å²) in [5, 5.41) is 27.5. The number of aliphatic hydroxyl groups excluding tert-OH is 1. The first-order chi connectivity index (χ1) is 17.9. The molecule has 0 aliphatic carbocycles. The van der Waals surface area contributed by atoms with E-state index in [0.717, 1.165) is 22.9 Å². The highest BCUT2D eigenvalue weighted by Gasteiger charge is 2.14. The van der Waals surface area contributed by atoms with Crippen LogP contribution in [-0.4, -0.2) is 43.4 Å². The third-order valence-corrected chi connectivity index (χ3v) is 7.06. The SMILES string of the molecule is C[C@H](Cc1cccc(CC(=O)NCc2ccc(Cl)c(Cl)c2)c1)NC[C@@H](O)c1ccc(O)c(NS(C)(=O)=O)c1. The summed E-state index contributed by atoms with van der Waals surface area (Å²) in [5.74, 6) is -0.336. The summed E-state index contributed by atoms with van der Waals surface area (Å²) >= 11 is 12.0. The molecule has 0 bridgehead atoms. The molecule has 3 rings (SSSR count). The Morgan fingerprint density at radius 1 is 0.974 bits per heavy atom. The number of carbonyl (C=O) groups excluding carboxylic acids is 1. The van der Waals surface area contributed by atoms with Gasteiger partial charge in [-0.05, 0) is 59.9 Å². The second-order valence-electron chi connectivity index (χ2n) is 9.20. The second kappa shape index (κ2) is 13.3. The summed E-state index contributed by atoms with van der Waals surface area (Å²) < 4.78 is 25.2. The molecule has 38 heavy (non-hydrogen) atoms. The minimum Gasteiger partial charge on any atom is -0.506 e. The van der Waals surface area contributed by atoms with Crippen molar-refractivity contribution in [3.63, 3.8) is 0 Å². The van der Waals surface area contributed by atoms with Gasteiger partial charge in [-0.15, -0.1) is 0 Å². The van der Waals surface area contributed by atoms with Crippen LogP contribution >= 0.6 is 23.2 Å². The molecular weight excluding hydrogens is 549 g/mol. The predicted molar refractivity (Wildman–Crippen MR) is 151 cm³/mol. The standard InChI is InChI=1S/C27H31Cl2N3O5S/c1-17(30-16-26(34)21-7-9-25(33)24(14-21)32-38(2,36)37)10-18-4-3-5-19(11-18)13-27(35)31-15-20-6-8-22(28)23(29)12-20/h3-9,11-12,14,17,26,30,32-34H,10,13,15-16H2,1-2H3,(H,31,35)/t17-,26-/m1/s1. The number of carbonyl (C=O) groups is 1. The number of rotatable bonds is 12. The fraction of sp³-hybridized carbons (Fsp3) is 0.296. The molecule has 0 fully saturated rings. The molecule has 0 aromatic heterocycles. The number of hydrogen-bond acceptors (Lipinski definition) is 6. The lowest BCUT2D eigenvalue weighted by molar-refractivity contribution is -0.120. The molecule has 2 atom stereocenters. The van der Waals surface area contributed by atoms with Gasteiger partial charge in [0.1, 0.15) is 5.75 Å². The molecule has 3 aromatic rings. The van der Waals surface area contributed by atoms with Gasteiger partial charge in [0.15, 0.2) is 0 Å². The number of amides is 1. The number of hydrogen-bond donors (Lipinski definition) is 5. The van der Waals surface area contributed by atoms with Crippen LogP contribution in [0.25, 0.3) is 0 Å². The van der Waals surface area contributed by atoms with E-state index in [2.05, 4.69) is 15.4 Å². The van der Waals surface area contributed by atoms with Crippen molar-refractivity contribution >= 4 is 44.8 Å². The van der Waals surface area contributed by atoms with Crippen molar-refractivity contribution in [1.82, 2.24) is 10.6 Å². The molecule has 0 aliphatic heterocycles. The van der Waals surface area contributed by atoms with Crippen LogP contribution in [0, 0.1) is 0 Å². The molecule has 11 heteroatoms. The Balaban J connectivity index is 1.50. The van der Waals surface area contributed by atoms with Gasteiger partial charge in [0.05, 0.1) is 34.5 Å². The maximum atomic E-state index is 12.4. The van der Waals surface area contributed by atoms with Gasteiger partial charge in [0, 0.05) is 19.1 Å². The van der Waals surface area contributed by atoms with Gasteiger partial charge in [0.2, 0.25) is 15.9 Å². The number of sulfonamides is 1. The highest BCUT2D eigenvalue weighted by atomic mass is 35.5. The van der Waals surface area contributed by atoms with Crippen LogP contribution in [-0.2, 0) is 34.2 Å². The van der Waals surface area contributed by atoms with Crippen LogP contribution in [0.3, 0.4) is 0 Å². The second-order valence-corrected chi connectivity index (χ2v) is 11.8. The van der Waals surface area contributed by atoms with Crippen molar-refractivity contribution < 1.29 is 23.4 Å². The first-order valence-electron chi connectivity index (χ1n) is 11.9. The Bertz CT molecular complexity index is 1380. The zero-order chi connectivity index (χ0) is 27.9. The average Bonchev–Trinajstić information content (AvgIpc) is 2.84. The summed E-state index contributed by atoms with van der Waals surface area (Å²) in [4.78, 5) is 12.4. The molecule has 0 heterocycles. The number of aliphatic hydroxyl groups is 1. The van der Waals surface area contributed by atoms with E-state index in [1.165, 1.54) is 18.2 Å². The first-order valence-corrected chi connectivity index (χ1v) is 14.5. The Labute approximate surface area is 233 Å². The number of aromatic hydroxyl groups is 1. The van der Waals surface area contributed by atoms with E-state index >= 15 is 0 Å². The molecule has 0 saturated carbocycles. The molecule has 1 amide bonds. The van der Waals surface area contributed by atoms with Crippen molar-refractivity contribution in [2.24, 2.45) is 0 Å². The average molecular weight is 581 g/mol.